The first kappa shape index (κ1) is 19.5. The van der Waals surface area contributed by atoms with Crippen LogP contribution >= 0.6 is 27.7 Å². The Balaban J connectivity index is 1.66. The van der Waals surface area contributed by atoms with Crippen molar-refractivity contribution in [3.63, 3.8) is 0 Å². The smallest absolute Gasteiger partial charge is 0.196 e. The van der Waals surface area contributed by atoms with Gasteiger partial charge < -0.3 is 0 Å². The van der Waals surface area contributed by atoms with Gasteiger partial charge in [-0.15, -0.1) is 10.2 Å². The fourth-order valence-electron chi connectivity index (χ4n) is 2.82. The van der Waals surface area contributed by atoms with Crippen LogP contribution in [0.2, 0.25) is 0 Å². The molecule has 0 fully saturated rings. The van der Waals surface area contributed by atoms with Gasteiger partial charge in [0.1, 0.15) is 0 Å². The Labute approximate surface area is 181 Å². The zero-order chi connectivity index (χ0) is 20.2. The van der Waals surface area contributed by atoms with Crippen LogP contribution in [-0.2, 0) is 0 Å². The summed E-state index contributed by atoms with van der Waals surface area (Å²) < 4.78 is 2.94. The number of nitrogens with zero attached hydrogens (tertiary/aromatic N) is 4. The fraction of sp³-hybridized carbons (Fsp3) is 0.0909. The molecule has 144 valence electrons. The molecule has 0 aliphatic carbocycles. The van der Waals surface area contributed by atoms with Crippen molar-refractivity contribution in [3.8, 4) is 17.1 Å². The lowest BCUT2D eigenvalue weighted by Crippen LogP contribution is -2.05. The van der Waals surface area contributed by atoms with Crippen LogP contribution < -0.4 is 0 Å². The maximum Gasteiger partial charge on any atom is 0.196 e. The summed E-state index contributed by atoms with van der Waals surface area (Å²) >= 11 is 4.85. The molecule has 2 aromatic heterocycles. The Bertz CT molecular complexity index is 1130. The van der Waals surface area contributed by atoms with Gasteiger partial charge in [-0.1, -0.05) is 57.5 Å². The van der Waals surface area contributed by atoms with Crippen molar-refractivity contribution in [2.24, 2.45) is 0 Å². The number of Topliss-reactive ketones (excluding diaryl/α,β-unsaturated/α-hetero) is 1. The molecule has 0 aliphatic heterocycles. The van der Waals surface area contributed by atoms with E-state index in [-0.39, 0.29) is 11.5 Å². The Morgan fingerprint density at radius 3 is 2.48 bits per heavy atom. The van der Waals surface area contributed by atoms with Gasteiger partial charge in [0.2, 0.25) is 0 Å². The Morgan fingerprint density at radius 2 is 1.79 bits per heavy atom. The number of pyridine rings is 1. The van der Waals surface area contributed by atoms with Gasteiger partial charge in [0.15, 0.2) is 16.8 Å². The molecule has 0 unspecified atom stereocenters. The standard InChI is InChI=1S/C22H17BrN4OS/c1-15-4-6-16(7-5-15)20(28)14-29-22-26-25-21(17-3-2-12-24-13-17)27(22)19-10-8-18(23)9-11-19/h2-13H,14H2,1H3. The summed E-state index contributed by atoms with van der Waals surface area (Å²) in [6, 6.07) is 19.3. The molecule has 0 aliphatic rings. The van der Waals surface area contributed by atoms with Crippen LogP contribution in [-0.4, -0.2) is 31.3 Å². The highest BCUT2D eigenvalue weighted by molar-refractivity contribution is 9.10. The van der Waals surface area contributed by atoms with E-state index < -0.39 is 0 Å². The second kappa shape index (κ2) is 8.71. The van der Waals surface area contributed by atoms with Crippen LogP contribution in [0.4, 0.5) is 0 Å². The van der Waals surface area contributed by atoms with Crippen molar-refractivity contribution >= 4 is 33.5 Å². The number of thioether (sulfide) groups is 1. The maximum atomic E-state index is 12.6. The molecule has 29 heavy (non-hydrogen) atoms. The Kier molecular flexibility index (Phi) is 5.87. The largest absolute Gasteiger partial charge is 0.293 e. The molecule has 4 aromatic rings. The highest BCUT2D eigenvalue weighted by Crippen LogP contribution is 2.28. The van der Waals surface area contributed by atoms with Crippen LogP contribution in [0.25, 0.3) is 17.1 Å². The van der Waals surface area contributed by atoms with E-state index in [0.717, 1.165) is 21.3 Å². The predicted molar refractivity (Wildman–Crippen MR) is 119 cm³/mol. The molecule has 0 bridgehead atoms. The van der Waals surface area contributed by atoms with Crippen molar-refractivity contribution in [1.82, 2.24) is 19.7 Å². The van der Waals surface area contributed by atoms with Gasteiger partial charge in [-0.2, -0.15) is 0 Å². The number of aromatic nitrogens is 4. The zero-order valence-corrected chi connectivity index (χ0v) is 18.0. The van der Waals surface area contributed by atoms with E-state index in [1.54, 1.807) is 12.4 Å². The molecule has 0 amide bonds. The van der Waals surface area contributed by atoms with E-state index in [2.05, 4.69) is 31.1 Å². The average molecular weight is 465 g/mol. The third-order valence-electron chi connectivity index (χ3n) is 4.34. The van der Waals surface area contributed by atoms with Gasteiger partial charge in [0.25, 0.3) is 0 Å². The summed E-state index contributed by atoms with van der Waals surface area (Å²) in [5, 5.41) is 9.39. The number of carbonyl (C=O) groups is 1. The Hall–Kier alpha value is -2.77. The summed E-state index contributed by atoms with van der Waals surface area (Å²) in [5.74, 6) is 1.03. The molecule has 2 aromatic carbocycles. The first-order valence-corrected chi connectivity index (χ1v) is 10.7. The first-order valence-electron chi connectivity index (χ1n) is 8.96. The number of carbonyl (C=O) groups excluding carboxylic acids is 1. The molecule has 7 heteroatoms. The molecular weight excluding hydrogens is 448 g/mol. The van der Waals surface area contributed by atoms with Gasteiger partial charge in [0, 0.05) is 33.7 Å². The number of halogens is 1. The van der Waals surface area contributed by atoms with E-state index in [0.29, 0.717) is 16.5 Å². The average Bonchev–Trinajstić information content (AvgIpc) is 3.17. The first-order chi connectivity index (χ1) is 14.1. The van der Waals surface area contributed by atoms with E-state index in [4.69, 9.17) is 0 Å². The second-order valence-corrected chi connectivity index (χ2v) is 8.30. The normalized spacial score (nSPS) is 10.8. The van der Waals surface area contributed by atoms with E-state index in [1.807, 2.05) is 72.2 Å². The minimum absolute atomic E-state index is 0.0586. The van der Waals surface area contributed by atoms with Crippen LogP contribution in [0, 0.1) is 6.92 Å². The number of ketones is 1. The van der Waals surface area contributed by atoms with Crippen LogP contribution in [0.5, 0.6) is 0 Å². The number of rotatable bonds is 6. The summed E-state index contributed by atoms with van der Waals surface area (Å²) in [5.41, 5.74) is 3.61. The van der Waals surface area contributed by atoms with Crippen LogP contribution in [0.1, 0.15) is 15.9 Å². The zero-order valence-electron chi connectivity index (χ0n) is 15.6. The van der Waals surface area contributed by atoms with Crippen molar-refractivity contribution in [1.29, 1.82) is 0 Å². The number of benzene rings is 2. The number of aryl methyl sites for hydroxylation is 1. The summed E-state index contributed by atoms with van der Waals surface area (Å²) in [7, 11) is 0. The molecule has 0 radical (unpaired) electrons. The maximum absolute atomic E-state index is 12.6. The van der Waals surface area contributed by atoms with E-state index in [1.165, 1.54) is 11.8 Å². The predicted octanol–water partition coefficient (Wildman–Crippen LogP) is 5.38. The monoisotopic (exact) mass is 464 g/mol. The topological polar surface area (TPSA) is 60.7 Å². The molecule has 0 N–H and O–H groups in total. The van der Waals surface area contributed by atoms with E-state index >= 15 is 0 Å². The number of hydrogen-bond acceptors (Lipinski definition) is 5. The SMILES string of the molecule is Cc1ccc(C(=O)CSc2nnc(-c3cccnc3)n2-c2ccc(Br)cc2)cc1. The third kappa shape index (κ3) is 4.46. The van der Waals surface area contributed by atoms with Gasteiger partial charge in [-0.05, 0) is 43.3 Å². The molecule has 0 saturated heterocycles. The van der Waals surface area contributed by atoms with Crippen LogP contribution in [0.15, 0.2) is 82.7 Å². The van der Waals surface area contributed by atoms with Crippen LogP contribution in [0.3, 0.4) is 0 Å². The minimum Gasteiger partial charge on any atom is -0.293 e. The third-order valence-corrected chi connectivity index (χ3v) is 5.80. The number of hydrogen-bond donors (Lipinski definition) is 0. The van der Waals surface area contributed by atoms with Gasteiger partial charge >= 0.3 is 0 Å². The molecule has 0 spiro atoms. The summed E-state index contributed by atoms with van der Waals surface area (Å²) in [6.45, 7) is 2.00. The second-order valence-electron chi connectivity index (χ2n) is 6.44. The molecular formula is C22H17BrN4OS. The molecule has 2 heterocycles. The molecule has 5 nitrogen and oxygen atoms in total. The summed E-state index contributed by atoms with van der Waals surface area (Å²) in [6.07, 6.45) is 3.48. The lowest BCUT2D eigenvalue weighted by Gasteiger charge is -2.10. The van der Waals surface area contributed by atoms with Gasteiger partial charge in [0.05, 0.1) is 5.75 Å². The summed E-state index contributed by atoms with van der Waals surface area (Å²) in [4.78, 5) is 16.8. The van der Waals surface area contributed by atoms with Crippen molar-refractivity contribution < 1.29 is 4.79 Å². The van der Waals surface area contributed by atoms with Gasteiger partial charge in [-0.25, -0.2) is 0 Å². The highest BCUT2D eigenvalue weighted by atomic mass is 79.9. The highest BCUT2D eigenvalue weighted by Gasteiger charge is 2.18. The van der Waals surface area contributed by atoms with Crippen molar-refractivity contribution in [2.75, 3.05) is 5.75 Å². The molecule has 4 rings (SSSR count). The van der Waals surface area contributed by atoms with Crippen molar-refractivity contribution in [3.05, 3.63) is 88.7 Å². The fourth-order valence-corrected chi connectivity index (χ4v) is 3.93. The van der Waals surface area contributed by atoms with Crippen molar-refractivity contribution in [2.45, 2.75) is 12.1 Å². The Morgan fingerprint density at radius 1 is 1.03 bits per heavy atom. The lowest BCUT2D eigenvalue weighted by molar-refractivity contribution is 0.102. The van der Waals surface area contributed by atoms with Gasteiger partial charge in [-0.3, -0.25) is 14.3 Å². The lowest BCUT2D eigenvalue weighted by atomic mass is 10.1. The molecule has 0 atom stereocenters. The van der Waals surface area contributed by atoms with E-state index in [9.17, 15) is 4.79 Å². The molecule has 0 saturated carbocycles. The minimum atomic E-state index is 0.0586. The quantitative estimate of drug-likeness (QED) is 0.283.